The third-order valence-corrected chi connectivity index (χ3v) is 3.03. The maximum atomic E-state index is 11.8. The van der Waals surface area contributed by atoms with Crippen molar-refractivity contribution < 1.29 is 14.6 Å². The second-order valence-electron chi connectivity index (χ2n) is 4.91. The summed E-state index contributed by atoms with van der Waals surface area (Å²) in [5, 5.41) is 9.26. The number of hydrogen-bond donors (Lipinski definition) is 1. The molecule has 0 aliphatic heterocycles. The number of hydrogen-bond acceptors (Lipinski definition) is 3. The Hall–Kier alpha value is -2.55. The van der Waals surface area contributed by atoms with Crippen molar-refractivity contribution in [2.24, 2.45) is 0 Å². The molecule has 0 bridgehead atoms. The van der Waals surface area contributed by atoms with E-state index in [1.807, 2.05) is 12.2 Å². The topological polar surface area (TPSA) is 46.5 Å². The molecule has 0 amide bonds. The molecule has 3 nitrogen and oxygen atoms in total. The Balaban J connectivity index is 4.24. The first-order valence-corrected chi connectivity index (χ1v) is 7.39. The lowest BCUT2D eigenvalue weighted by atomic mass is 10.1. The van der Waals surface area contributed by atoms with Crippen LogP contribution >= 0.6 is 0 Å². The average Bonchev–Trinajstić information content (AvgIpc) is 2.52. The van der Waals surface area contributed by atoms with Crippen LogP contribution in [0.2, 0.25) is 0 Å². The van der Waals surface area contributed by atoms with Crippen LogP contribution in [0.25, 0.3) is 0 Å². The molecule has 3 heteroatoms. The van der Waals surface area contributed by atoms with Gasteiger partial charge < -0.3 is 9.84 Å². The van der Waals surface area contributed by atoms with Crippen LogP contribution in [0.15, 0.2) is 85.4 Å². The molecule has 0 aromatic rings. The van der Waals surface area contributed by atoms with Crippen molar-refractivity contribution in [1.29, 1.82) is 0 Å². The molecular weight excluding hydrogens is 288 g/mol. The Morgan fingerprint density at radius 3 is 2.39 bits per heavy atom. The molecule has 0 aliphatic rings. The molecule has 0 aromatic heterocycles. The molecule has 0 saturated carbocycles. The Morgan fingerprint density at radius 1 is 1.17 bits per heavy atom. The quantitative estimate of drug-likeness (QED) is 0.308. The zero-order valence-corrected chi connectivity index (χ0v) is 13.9. The highest BCUT2D eigenvalue weighted by Gasteiger charge is 2.01. The van der Waals surface area contributed by atoms with E-state index in [4.69, 9.17) is 4.74 Å². The zero-order chi connectivity index (χ0) is 17.7. The fraction of sp³-hybridized carbons (Fsp3) is 0.250. The van der Waals surface area contributed by atoms with E-state index in [-0.39, 0.29) is 11.5 Å². The van der Waals surface area contributed by atoms with Crippen LogP contribution in [0.5, 0.6) is 0 Å². The van der Waals surface area contributed by atoms with Gasteiger partial charge in [0.2, 0.25) is 0 Å². The summed E-state index contributed by atoms with van der Waals surface area (Å²) in [5.74, 6) is 0.232. The van der Waals surface area contributed by atoms with E-state index in [2.05, 4.69) is 26.3 Å². The lowest BCUT2D eigenvalue weighted by molar-refractivity contribution is -0.114. The van der Waals surface area contributed by atoms with E-state index in [1.165, 1.54) is 7.11 Å². The highest BCUT2D eigenvalue weighted by molar-refractivity contribution is 5.89. The fourth-order valence-electron chi connectivity index (χ4n) is 1.76. The highest BCUT2D eigenvalue weighted by atomic mass is 16.5. The van der Waals surface area contributed by atoms with Crippen LogP contribution in [-0.4, -0.2) is 18.0 Å². The van der Waals surface area contributed by atoms with Crippen LogP contribution < -0.4 is 0 Å². The first-order valence-electron chi connectivity index (χ1n) is 7.39. The zero-order valence-electron chi connectivity index (χ0n) is 13.9. The monoisotopic (exact) mass is 314 g/mol. The molecule has 0 aromatic carbocycles. The van der Waals surface area contributed by atoms with Crippen molar-refractivity contribution in [3.63, 3.8) is 0 Å². The third kappa shape index (κ3) is 9.91. The SMILES string of the molecule is C=C/C=C(\C=C)CCC(=O)/C=C/CCC(=C)/C=C(/OC)C(=C)O. The van der Waals surface area contributed by atoms with Crippen LogP contribution in [0.3, 0.4) is 0 Å². The first kappa shape index (κ1) is 20.5. The van der Waals surface area contributed by atoms with Gasteiger partial charge in [-0.05, 0) is 37.0 Å². The number of aliphatic hydroxyl groups excluding tert-OH is 1. The predicted molar refractivity (Wildman–Crippen MR) is 97.1 cm³/mol. The van der Waals surface area contributed by atoms with Crippen LogP contribution in [0.1, 0.15) is 25.7 Å². The molecule has 124 valence electrons. The largest absolute Gasteiger partial charge is 0.505 e. The van der Waals surface area contributed by atoms with E-state index in [0.717, 1.165) is 11.1 Å². The molecule has 0 fully saturated rings. The number of ether oxygens (including phenoxy) is 1. The summed E-state index contributed by atoms with van der Waals surface area (Å²) >= 11 is 0. The molecule has 0 rings (SSSR count). The second kappa shape index (κ2) is 12.0. The first-order chi connectivity index (χ1) is 10.9. The van der Waals surface area contributed by atoms with Crippen molar-refractivity contribution in [2.45, 2.75) is 25.7 Å². The van der Waals surface area contributed by atoms with E-state index < -0.39 is 0 Å². The fourth-order valence-corrected chi connectivity index (χ4v) is 1.76. The lowest BCUT2D eigenvalue weighted by Gasteiger charge is -2.04. The van der Waals surface area contributed by atoms with Gasteiger partial charge in [0, 0.05) is 6.42 Å². The Bertz CT molecular complexity index is 545. The van der Waals surface area contributed by atoms with Gasteiger partial charge in [0.05, 0.1) is 7.11 Å². The van der Waals surface area contributed by atoms with Crippen molar-refractivity contribution >= 4 is 5.78 Å². The smallest absolute Gasteiger partial charge is 0.160 e. The Kier molecular flexibility index (Phi) is 10.7. The van der Waals surface area contributed by atoms with Crippen LogP contribution in [0.4, 0.5) is 0 Å². The summed E-state index contributed by atoms with van der Waals surface area (Å²) in [6.07, 6.45) is 12.8. The predicted octanol–water partition coefficient (Wildman–Crippen LogP) is 5.13. The maximum absolute atomic E-state index is 11.8. The van der Waals surface area contributed by atoms with Crippen molar-refractivity contribution in [1.82, 2.24) is 0 Å². The molecule has 0 spiro atoms. The molecule has 0 atom stereocenters. The van der Waals surface area contributed by atoms with Gasteiger partial charge in [-0.25, -0.2) is 0 Å². The molecular formula is C20H26O3. The van der Waals surface area contributed by atoms with E-state index in [0.29, 0.717) is 31.4 Å². The summed E-state index contributed by atoms with van der Waals surface area (Å²) in [6, 6.07) is 0. The molecule has 23 heavy (non-hydrogen) atoms. The number of carbonyl (C=O) groups excluding carboxylic acids is 1. The summed E-state index contributed by atoms with van der Waals surface area (Å²) in [7, 11) is 1.46. The maximum Gasteiger partial charge on any atom is 0.160 e. The van der Waals surface area contributed by atoms with Crippen molar-refractivity contribution in [2.75, 3.05) is 7.11 Å². The summed E-state index contributed by atoms with van der Waals surface area (Å²) < 4.78 is 4.97. The van der Waals surface area contributed by atoms with Gasteiger partial charge in [0.1, 0.15) is 5.76 Å². The van der Waals surface area contributed by atoms with E-state index in [9.17, 15) is 9.90 Å². The molecule has 0 unspecified atom stereocenters. The number of rotatable bonds is 12. The Labute approximate surface area is 139 Å². The third-order valence-electron chi connectivity index (χ3n) is 3.03. The van der Waals surface area contributed by atoms with Crippen LogP contribution in [-0.2, 0) is 9.53 Å². The van der Waals surface area contributed by atoms with Crippen molar-refractivity contribution in [3.05, 3.63) is 85.4 Å². The molecule has 0 aliphatic carbocycles. The minimum atomic E-state index is -0.134. The van der Waals surface area contributed by atoms with Gasteiger partial charge >= 0.3 is 0 Å². The molecule has 0 radical (unpaired) electrons. The lowest BCUT2D eigenvalue weighted by Crippen LogP contribution is -1.93. The normalized spacial score (nSPS) is 12.0. The highest BCUT2D eigenvalue weighted by Crippen LogP contribution is 2.13. The van der Waals surface area contributed by atoms with E-state index >= 15 is 0 Å². The Morgan fingerprint density at radius 2 is 1.87 bits per heavy atom. The number of ketones is 1. The van der Waals surface area contributed by atoms with Gasteiger partial charge in [0.15, 0.2) is 11.5 Å². The summed E-state index contributed by atoms with van der Waals surface area (Å²) in [6.45, 7) is 14.6. The molecule has 0 heterocycles. The number of aliphatic hydroxyl groups is 1. The molecule has 1 N–H and O–H groups in total. The average molecular weight is 314 g/mol. The van der Waals surface area contributed by atoms with Gasteiger partial charge in [0.25, 0.3) is 0 Å². The van der Waals surface area contributed by atoms with Gasteiger partial charge in [-0.1, -0.05) is 56.2 Å². The van der Waals surface area contributed by atoms with Crippen molar-refractivity contribution in [3.8, 4) is 0 Å². The second-order valence-corrected chi connectivity index (χ2v) is 4.91. The minimum Gasteiger partial charge on any atom is -0.505 e. The number of allylic oxidation sites excluding steroid dienone is 8. The van der Waals surface area contributed by atoms with E-state index in [1.54, 1.807) is 24.3 Å². The van der Waals surface area contributed by atoms with Crippen LogP contribution in [0, 0.1) is 0 Å². The number of carbonyl (C=O) groups is 1. The number of methoxy groups -OCH3 is 1. The van der Waals surface area contributed by atoms with Gasteiger partial charge in [-0.2, -0.15) is 0 Å². The van der Waals surface area contributed by atoms with Gasteiger partial charge in [-0.15, -0.1) is 0 Å². The summed E-state index contributed by atoms with van der Waals surface area (Å²) in [4.78, 5) is 11.8. The molecule has 0 saturated heterocycles. The van der Waals surface area contributed by atoms with Gasteiger partial charge in [-0.3, -0.25) is 4.79 Å². The standard InChI is InChI=1S/C20H26O3/c1-6-10-18(7-2)13-14-19(22)12-9-8-11-16(3)15-20(23-5)17(4)21/h6-7,9-10,12,15,21H,1-4,8,11,13-14H2,5H3/b12-9+,18-10+,20-15+. The minimum absolute atomic E-state index is 0.0734. The summed E-state index contributed by atoms with van der Waals surface area (Å²) in [5.41, 5.74) is 1.79.